The van der Waals surface area contributed by atoms with Crippen LogP contribution in [-0.2, 0) is 13.1 Å². The molecule has 0 amide bonds. The maximum Gasteiger partial charge on any atom is 0.170 e. The highest BCUT2D eigenvalue weighted by atomic mass is 16.5. The maximum atomic E-state index is 8.70. The molecule has 0 spiro atoms. The van der Waals surface area contributed by atoms with Crippen LogP contribution in [0.3, 0.4) is 0 Å². The van der Waals surface area contributed by atoms with Gasteiger partial charge in [0.25, 0.3) is 0 Å². The number of nitrogens with zero attached hydrogens (tertiary/aromatic N) is 2. The lowest BCUT2D eigenvalue weighted by Crippen LogP contribution is -2.16. The second-order valence-corrected chi connectivity index (χ2v) is 4.09. The van der Waals surface area contributed by atoms with Gasteiger partial charge < -0.3 is 25.5 Å². The molecular weight excluding hydrogens is 260 g/mol. The highest BCUT2D eigenvalue weighted by Crippen LogP contribution is 2.19. The number of rotatable bonds is 6. The minimum absolute atomic E-state index is 0.0594. The molecule has 7 nitrogen and oxygen atoms in total. The second-order valence-electron chi connectivity index (χ2n) is 4.09. The molecule has 0 unspecified atom stereocenters. The van der Waals surface area contributed by atoms with Gasteiger partial charge in [-0.15, -0.1) is 0 Å². The van der Waals surface area contributed by atoms with Gasteiger partial charge in [-0.25, -0.2) is 0 Å². The fourth-order valence-electron chi connectivity index (χ4n) is 1.79. The van der Waals surface area contributed by atoms with E-state index in [9.17, 15) is 0 Å². The number of oxime groups is 1. The number of benzene rings is 1. The van der Waals surface area contributed by atoms with Gasteiger partial charge in [-0.1, -0.05) is 10.3 Å². The lowest BCUT2D eigenvalue weighted by Gasteiger charge is -2.10. The number of aromatic nitrogens is 1. The second kappa shape index (κ2) is 6.58. The molecule has 0 saturated carbocycles. The Labute approximate surface area is 116 Å². The molecule has 20 heavy (non-hydrogen) atoms. The molecule has 1 aromatic carbocycles. The molecule has 0 atom stereocenters. The molecule has 1 heterocycles. The third kappa shape index (κ3) is 3.27. The average molecular weight is 276 g/mol. The lowest BCUT2D eigenvalue weighted by molar-refractivity contribution is 0.318. The van der Waals surface area contributed by atoms with E-state index < -0.39 is 0 Å². The summed E-state index contributed by atoms with van der Waals surface area (Å²) in [6.45, 7) is 1.10. The summed E-state index contributed by atoms with van der Waals surface area (Å²) in [5.41, 5.74) is 7.10. The third-order valence-electron chi connectivity index (χ3n) is 2.79. The molecule has 4 N–H and O–H groups in total. The first-order chi connectivity index (χ1) is 9.74. The molecule has 1 aromatic heterocycles. The predicted octanol–water partition coefficient (Wildman–Crippen LogP) is 1.07. The Balaban J connectivity index is 2.08. The van der Waals surface area contributed by atoms with E-state index in [2.05, 4.69) is 15.6 Å². The van der Waals surface area contributed by atoms with E-state index in [1.54, 1.807) is 37.6 Å². The van der Waals surface area contributed by atoms with E-state index in [1.165, 1.54) is 0 Å². The zero-order valence-electron chi connectivity index (χ0n) is 11.0. The molecule has 2 aromatic rings. The summed E-state index contributed by atoms with van der Waals surface area (Å²) in [5.74, 6) is 1.53. The van der Waals surface area contributed by atoms with Crippen LogP contribution in [0.2, 0.25) is 0 Å². The molecule has 0 bridgehead atoms. The van der Waals surface area contributed by atoms with Crippen molar-refractivity contribution in [2.75, 3.05) is 7.11 Å². The van der Waals surface area contributed by atoms with Gasteiger partial charge in [0.05, 0.1) is 19.9 Å². The van der Waals surface area contributed by atoms with Gasteiger partial charge in [0.2, 0.25) is 0 Å². The Bertz CT molecular complexity index is 581. The molecule has 106 valence electrons. The van der Waals surface area contributed by atoms with Gasteiger partial charge in [-0.05, 0) is 18.2 Å². The molecule has 2 rings (SSSR count). The van der Waals surface area contributed by atoms with Crippen LogP contribution in [0.5, 0.6) is 5.75 Å². The van der Waals surface area contributed by atoms with E-state index in [0.29, 0.717) is 18.7 Å². The molecular formula is C13H16N4O3. The number of methoxy groups -OCH3 is 1. The monoisotopic (exact) mass is 276 g/mol. The Hall–Kier alpha value is -2.54. The van der Waals surface area contributed by atoms with Gasteiger partial charge in [0, 0.05) is 23.7 Å². The molecule has 0 aliphatic rings. The van der Waals surface area contributed by atoms with Crippen LogP contribution in [0.25, 0.3) is 0 Å². The summed E-state index contributed by atoms with van der Waals surface area (Å²) in [6, 6.07) is 7.10. The molecule has 0 aliphatic carbocycles. The Morgan fingerprint density at radius 3 is 2.95 bits per heavy atom. The highest BCUT2D eigenvalue weighted by molar-refractivity contribution is 5.97. The van der Waals surface area contributed by atoms with Crippen LogP contribution in [-0.4, -0.2) is 23.3 Å². The van der Waals surface area contributed by atoms with Gasteiger partial charge >= 0.3 is 0 Å². The first-order valence-corrected chi connectivity index (χ1v) is 5.99. The standard InChI is InChI=1S/C13H16N4O3/c1-19-12-3-2-9(13(14)17-18)6-10(12)7-15-8-11-4-5-16-20-11/h2-6,15,18H,7-8H2,1H3,(H2,14,17). The van der Waals surface area contributed by atoms with Crippen molar-refractivity contribution >= 4 is 5.84 Å². The normalized spacial score (nSPS) is 11.6. The third-order valence-corrected chi connectivity index (χ3v) is 2.79. The zero-order valence-corrected chi connectivity index (χ0v) is 11.0. The van der Waals surface area contributed by atoms with Crippen molar-refractivity contribution in [1.29, 1.82) is 0 Å². The van der Waals surface area contributed by atoms with Crippen molar-refractivity contribution in [2.24, 2.45) is 10.9 Å². The van der Waals surface area contributed by atoms with E-state index in [1.807, 2.05) is 0 Å². The van der Waals surface area contributed by atoms with Crippen LogP contribution in [0.15, 0.2) is 40.1 Å². The Morgan fingerprint density at radius 2 is 2.30 bits per heavy atom. The minimum atomic E-state index is 0.0594. The van der Waals surface area contributed by atoms with Crippen LogP contribution in [0, 0.1) is 0 Å². The van der Waals surface area contributed by atoms with Crippen LogP contribution >= 0.6 is 0 Å². The fourth-order valence-corrected chi connectivity index (χ4v) is 1.79. The van der Waals surface area contributed by atoms with Crippen molar-refractivity contribution < 1.29 is 14.5 Å². The maximum absolute atomic E-state index is 8.70. The first kappa shape index (κ1) is 13.9. The Kier molecular flexibility index (Phi) is 4.56. The summed E-state index contributed by atoms with van der Waals surface area (Å²) in [6.07, 6.45) is 1.59. The number of nitrogens with one attached hydrogen (secondary N) is 1. The number of hydrogen-bond acceptors (Lipinski definition) is 6. The van der Waals surface area contributed by atoms with Crippen LogP contribution in [0.4, 0.5) is 0 Å². The van der Waals surface area contributed by atoms with Crippen molar-refractivity contribution in [1.82, 2.24) is 10.5 Å². The smallest absolute Gasteiger partial charge is 0.170 e. The molecule has 0 fully saturated rings. The Morgan fingerprint density at radius 1 is 1.45 bits per heavy atom. The summed E-state index contributed by atoms with van der Waals surface area (Å²) in [4.78, 5) is 0. The molecule has 0 radical (unpaired) electrons. The van der Waals surface area contributed by atoms with Gasteiger partial charge in [0.15, 0.2) is 5.84 Å². The quantitative estimate of drug-likeness (QED) is 0.315. The summed E-state index contributed by atoms with van der Waals surface area (Å²) in [5, 5.41) is 18.5. The summed E-state index contributed by atoms with van der Waals surface area (Å²) in [7, 11) is 1.60. The first-order valence-electron chi connectivity index (χ1n) is 5.99. The SMILES string of the molecule is COc1ccc(/C(N)=N/O)cc1CNCc1ccno1. The van der Waals surface area contributed by atoms with E-state index in [0.717, 1.165) is 17.1 Å². The highest BCUT2D eigenvalue weighted by Gasteiger charge is 2.07. The van der Waals surface area contributed by atoms with E-state index >= 15 is 0 Å². The number of amidine groups is 1. The zero-order chi connectivity index (χ0) is 14.4. The number of ether oxygens (including phenoxy) is 1. The van der Waals surface area contributed by atoms with Crippen molar-refractivity contribution in [3.8, 4) is 5.75 Å². The number of hydrogen-bond donors (Lipinski definition) is 3. The fraction of sp³-hybridized carbons (Fsp3) is 0.231. The van der Waals surface area contributed by atoms with Crippen molar-refractivity contribution in [3.63, 3.8) is 0 Å². The summed E-state index contributed by atoms with van der Waals surface area (Å²) >= 11 is 0. The van der Waals surface area contributed by atoms with Gasteiger partial charge in [-0.2, -0.15) is 0 Å². The van der Waals surface area contributed by atoms with E-state index in [-0.39, 0.29) is 5.84 Å². The largest absolute Gasteiger partial charge is 0.496 e. The number of nitrogens with two attached hydrogens (primary N) is 1. The molecule has 0 saturated heterocycles. The average Bonchev–Trinajstić information content (AvgIpc) is 2.99. The van der Waals surface area contributed by atoms with Gasteiger partial charge in [-0.3, -0.25) is 0 Å². The minimum Gasteiger partial charge on any atom is -0.496 e. The topological polar surface area (TPSA) is 106 Å². The summed E-state index contributed by atoms with van der Waals surface area (Å²) < 4.78 is 10.3. The van der Waals surface area contributed by atoms with Gasteiger partial charge in [0.1, 0.15) is 11.5 Å². The predicted molar refractivity (Wildman–Crippen MR) is 72.6 cm³/mol. The van der Waals surface area contributed by atoms with E-state index in [4.69, 9.17) is 20.2 Å². The van der Waals surface area contributed by atoms with Crippen LogP contribution in [0.1, 0.15) is 16.9 Å². The van der Waals surface area contributed by atoms with Crippen molar-refractivity contribution in [2.45, 2.75) is 13.1 Å². The van der Waals surface area contributed by atoms with Crippen molar-refractivity contribution in [3.05, 3.63) is 47.3 Å². The lowest BCUT2D eigenvalue weighted by atomic mass is 10.1. The molecule has 7 heteroatoms. The molecule has 0 aliphatic heterocycles. The van der Waals surface area contributed by atoms with Crippen LogP contribution < -0.4 is 15.8 Å².